The minimum Gasteiger partial charge on any atom is -0.399 e. The summed E-state index contributed by atoms with van der Waals surface area (Å²) in [5.74, 6) is -0.338. The topological polar surface area (TPSA) is 58.4 Å². The highest BCUT2D eigenvalue weighted by atomic mass is 19.1. The summed E-state index contributed by atoms with van der Waals surface area (Å²) in [6.07, 6.45) is 0. The molecule has 2 amide bonds. The van der Waals surface area contributed by atoms with Gasteiger partial charge in [-0.15, -0.1) is 0 Å². The van der Waals surface area contributed by atoms with Gasteiger partial charge < -0.3 is 16.0 Å². The second kappa shape index (κ2) is 6.26. The lowest BCUT2D eigenvalue weighted by Gasteiger charge is -2.25. The number of urea groups is 1. The van der Waals surface area contributed by atoms with Gasteiger partial charge in [-0.2, -0.15) is 0 Å². The number of carbonyl (C=O) groups excluding carboxylic acids is 1. The molecule has 21 heavy (non-hydrogen) atoms. The molecule has 0 fully saturated rings. The van der Waals surface area contributed by atoms with Crippen LogP contribution in [0.3, 0.4) is 0 Å². The molecule has 2 aromatic rings. The minimum absolute atomic E-state index is 0.131. The second-order valence-corrected chi connectivity index (χ2v) is 4.89. The van der Waals surface area contributed by atoms with E-state index in [1.807, 2.05) is 25.1 Å². The molecule has 1 unspecified atom stereocenters. The maximum absolute atomic E-state index is 12.8. The number of nitrogens with two attached hydrogens (primary N) is 1. The van der Waals surface area contributed by atoms with Crippen molar-refractivity contribution in [3.05, 3.63) is 59.9 Å². The van der Waals surface area contributed by atoms with Crippen LogP contribution in [0.15, 0.2) is 48.5 Å². The van der Waals surface area contributed by atoms with E-state index in [2.05, 4.69) is 5.32 Å². The Labute approximate surface area is 123 Å². The summed E-state index contributed by atoms with van der Waals surface area (Å²) in [7, 11) is 1.70. The molecule has 0 spiro atoms. The van der Waals surface area contributed by atoms with Crippen molar-refractivity contribution in [1.82, 2.24) is 4.90 Å². The molecule has 0 saturated heterocycles. The van der Waals surface area contributed by atoms with Crippen LogP contribution >= 0.6 is 0 Å². The summed E-state index contributed by atoms with van der Waals surface area (Å²) in [6.45, 7) is 1.92. The van der Waals surface area contributed by atoms with Gasteiger partial charge in [0.25, 0.3) is 0 Å². The smallest absolute Gasteiger partial charge is 0.322 e. The Balaban J connectivity index is 2.06. The Hall–Kier alpha value is -2.56. The first-order chi connectivity index (χ1) is 9.97. The van der Waals surface area contributed by atoms with E-state index >= 15 is 0 Å². The molecule has 0 aliphatic rings. The van der Waals surface area contributed by atoms with E-state index in [1.54, 1.807) is 18.0 Å². The van der Waals surface area contributed by atoms with Crippen molar-refractivity contribution in [2.75, 3.05) is 18.1 Å². The van der Waals surface area contributed by atoms with Gasteiger partial charge in [0.15, 0.2) is 0 Å². The van der Waals surface area contributed by atoms with E-state index < -0.39 is 0 Å². The molecule has 2 rings (SSSR count). The second-order valence-electron chi connectivity index (χ2n) is 4.89. The van der Waals surface area contributed by atoms with Crippen molar-refractivity contribution in [2.24, 2.45) is 0 Å². The molecule has 2 aromatic carbocycles. The molecule has 0 aliphatic heterocycles. The third-order valence-electron chi connectivity index (χ3n) is 3.39. The number of rotatable bonds is 3. The van der Waals surface area contributed by atoms with E-state index in [0.717, 1.165) is 5.56 Å². The molecule has 4 nitrogen and oxygen atoms in total. The first-order valence-electron chi connectivity index (χ1n) is 6.62. The highest BCUT2D eigenvalue weighted by molar-refractivity contribution is 5.89. The molecule has 0 radical (unpaired) electrons. The van der Waals surface area contributed by atoms with Gasteiger partial charge >= 0.3 is 6.03 Å². The zero-order chi connectivity index (χ0) is 15.4. The van der Waals surface area contributed by atoms with Gasteiger partial charge in [-0.1, -0.05) is 12.1 Å². The first-order valence-corrected chi connectivity index (χ1v) is 6.62. The van der Waals surface area contributed by atoms with Crippen LogP contribution in [0, 0.1) is 5.82 Å². The predicted octanol–water partition coefficient (Wildman–Crippen LogP) is 3.63. The largest absolute Gasteiger partial charge is 0.399 e. The summed E-state index contributed by atoms with van der Waals surface area (Å²) in [5, 5.41) is 2.72. The summed E-state index contributed by atoms with van der Waals surface area (Å²) in [5.41, 5.74) is 7.91. The molecule has 0 saturated carbocycles. The van der Waals surface area contributed by atoms with Crippen LogP contribution in [0.2, 0.25) is 0 Å². The van der Waals surface area contributed by atoms with Crippen LogP contribution in [0.1, 0.15) is 18.5 Å². The van der Waals surface area contributed by atoms with Crippen molar-refractivity contribution in [3.8, 4) is 0 Å². The molecular formula is C16H18FN3O. The Morgan fingerprint density at radius 2 is 1.90 bits per heavy atom. The third kappa shape index (κ3) is 3.72. The molecular weight excluding hydrogens is 269 g/mol. The van der Waals surface area contributed by atoms with Gasteiger partial charge in [0.2, 0.25) is 0 Å². The van der Waals surface area contributed by atoms with Gasteiger partial charge in [0, 0.05) is 18.4 Å². The zero-order valence-corrected chi connectivity index (χ0v) is 12.0. The maximum Gasteiger partial charge on any atom is 0.322 e. The van der Waals surface area contributed by atoms with Gasteiger partial charge in [0.1, 0.15) is 5.82 Å². The Morgan fingerprint density at radius 1 is 1.24 bits per heavy atom. The molecule has 5 heteroatoms. The monoisotopic (exact) mass is 287 g/mol. The van der Waals surface area contributed by atoms with Crippen molar-refractivity contribution in [2.45, 2.75) is 13.0 Å². The van der Waals surface area contributed by atoms with Crippen LogP contribution < -0.4 is 11.1 Å². The standard InChI is InChI=1S/C16H18FN3O/c1-11(12-4-3-5-14(18)10-12)20(2)16(21)19-15-8-6-13(17)7-9-15/h3-11H,18H2,1-2H3,(H,19,21). The summed E-state index contributed by atoms with van der Waals surface area (Å²) in [6, 6.07) is 12.7. The number of amides is 2. The Bertz CT molecular complexity index is 628. The van der Waals surface area contributed by atoms with Crippen LogP contribution in [0.4, 0.5) is 20.6 Å². The Kier molecular flexibility index (Phi) is 4.42. The fourth-order valence-corrected chi connectivity index (χ4v) is 1.96. The van der Waals surface area contributed by atoms with E-state index in [9.17, 15) is 9.18 Å². The predicted molar refractivity (Wildman–Crippen MR) is 82.5 cm³/mol. The van der Waals surface area contributed by atoms with Crippen LogP contribution in [-0.4, -0.2) is 18.0 Å². The lowest BCUT2D eigenvalue weighted by Crippen LogP contribution is -2.33. The number of benzene rings is 2. The lowest BCUT2D eigenvalue weighted by molar-refractivity contribution is 0.208. The van der Waals surface area contributed by atoms with Gasteiger partial charge in [0.05, 0.1) is 6.04 Å². The average molecular weight is 287 g/mol. The van der Waals surface area contributed by atoms with E-state index in [1.165, 1.54) is 24.3 Å². The fourth-order valence-electron chi connectivity index (χ4n) is 1.96. The zero-order valence-electron chi connectivity index (χ0n) is 12.0. The fraction of sp³-hybridized carbons (Fsp3) is 0.188. The molecule has 3 N–H and O–H groups in total. The number of carbonyl (C=O) groups is 1. The molecule has 0 aliphatic carbocycles. The number of hydrogen-bond donors (Lipinski definition) is 2. The van der Waals surface area contributed by atoms with Crippen LogP contribution in [0.5, 0.6) is 0 Å². The highest BCUT2D eigenvalue weighted by Gasteiger charge is 2.17. The van der Waals surface area contributed by atoms with Crippen molar-refractivity contribution in [3.63, 3.8) is 0 Å². The normalized spacial score (nSPS) is 11.8. The SMILES string of the molecule is CC(c1cccc(N)c1)N(C)C(=O)Nc1ccc(F)cc1. The number of nitrogen functional groups attached to an aromatic ring is 1. The van der Waals surface area contributed by atoms with Crippen LogP contribution in [0.25, 0.3) is 0 Å². The van der Waals surface area contributed by atoms with E-state index in [4.69, 9.17) is 5.73 Å². The number of halogens is 1. The number of nitrogens with one attached hydrogen (secondary N) is 1. The molecule has 0 bridgehead atoms. The first kappa shape index (κ1) is 14.8. The quantitative estimate of drug-likeness (QED) is 0.847. The van der Waals surface area contributed by atoms with Crippen molar-refractivity contribution in [1.29, 1.82) is 0 Å². The van der Waals surface area contributed by atoms with Gasteiger partial charge in [-0.05, 0) is 48.9 Å². The van der Waals surface area contributed by atoms with Crippen molar-refractivity contribution < 1.29 is 9.18 Å². The van der Waals surface area contributed by atoms with Gasteiger partial charge in [-0.25, -0.2) is 9.18 Å². The number of anilines is 2. The van der Waals surface area contributed by atoms with Crippen molar-refractivity contribution >= 4 is 17.4 Å². The average Bonchev–Trinajstić information content (AvgIpc) is 2.48. The highest BCUT2D eigenvalue weighted by Crippen LogP contribution is 2.21. The summed E-state index contributed by atoms with van der Waals surface area (Å²) < 4.78 is 12.8. The number of hydrogen-bond acceptors (Lipinski definition) is 2. The third-order valence-corrected chi connectivity index (χ3v) is 3.39. The molecule has 110 valence electrons. The van der Waals surface area contributed by atoms with Crippen LogP contribution in [-0.2, 0) is 0 Å². The molecule has 1 atom stereocenters. The molecule has 0 heterocycles. The lowest BCUT2D eigenvalue weighted by atomic mass is 10.1. The van der Waals surface area contributed by atoms with Gasteiger partial charge in [-0.3, -0.25) is 0 Å². The maximum atomic E-state index is 12.8. The minimum atomic E-state index is -0.338. The Morgan fingerprint density at radius 3 is 2.52 bits per heavy atom. The summed E-state index contributed by atoms with van der Waals surface area (Å²) >= 11 is 0. The number of nitrogens with zero attached hydrogens (tertiary/aromatic N) is 1. The molecule has 0 aromatic heterocycles. The summed E-state index contributed by atoms with van der Waals surface area (Å²) in [4.78, 5) is 13.8. The van der Waals surface area contributed by atoms with E-state index in [0.29, 0.717) is 11.4 Å². The van der Waals surface area contributed by atoms with E-state index in [-0.39, 0.29) is 17.9 Å².